The molecule has 0 aliphatic heterocycles. The highest BCUT2D eigenvalue weighted by molar-refractivity contribution is 5.86. The van der Waals surface area contributed by atoms with E-state index in [0.29, 0.717) is 6.61 Å². The number of nitrogens with zero attached hydrogens (tertiary/aromatic N) is 3. The van der Waals surface area contributed by atoms with Crippen molar-refractivity contribution >= 4 is 11.1 Å². The Bertz CT molecular complexity index is 1680. The van der Waals surface area contributed by atoms with Crippen molar-refractivity contribution in [2.45, 2.75) is 40.7 Å². The zero-order valence-electron chi connectivity index (χ0n) is 23.6. The Balaban J connectivity index is 1.10. The van der Waals surface area contributed by atoms with Crippen LogP contribution in [0.3, 0.4) is 0 Å². The Hall–Kier alpha value is -4.18. The maximum Gasteiger partial charge on any atom is 0.169 e. The van der Waals surface area contributed by atoms with Gasteiger partial charge in [0.1, 0.15) is 12.8 Å². The molecule has 0 spiro atoms. The van der Waals surface area contributed by atoms with Gasteiger partial charge in [0.15, 0.2) is 31.3 Å². The number of rotatable bonds is 7. The lowest BCUT2D eigenvalue weighted by Gasteiger charge is -2.20. The van der Waals surface area contributed by atoms with Crippen LogP contribution in [0.15, 0.2) is 114 Å². The molecular formula is C35H37N3O+2. The molecule has 39 heavy (non-hydrogen) atoms. The molecule has 6 rings (SSSR count). The third-order valence-corrected chi connectivity index (χ3v) is 8.49. The van der Waals surface area contributed by atoms with Crippen molar-refractivity contribution in [1.29, 1.82) is 0 Å². The van der Waals surface area contributed by atoms with E-state index in [0.717, 1.165) is 18.7 Å². The van der Waals surface area contributed by atoms with E-state index in [2.05, 4.69) is 133 Å². The van der Waals surface area contributed by atoms with E-state index in [1.165, 1.54) is 55.8 Å². The van der Waals surface area contributed by atoms with Gasteiger partial charge in [-0.2, -0.15) is 0 Å². The van der Waals surface area contributed by atoms with E-state index in [1.807, 2.05) is 7.05 Å². The van der Waals surface area contributed by atoms with Crippen LogP contribution in [-0.2, 0) is 18.3 Å². The Kier molecular flexibility index (Phi) is 6.56. The van der Waals surface area contributed by atoms with Gasteiger partial charge in [0.25, 0.3) is 0 Å². The average Bonchev–Trinajstić information content (AvgIpc) is 3.35. The summed E-state index contributed by atoms with van der Waals surface area (Å²) in [7, 11) is 2.04. The van der Waals surface area contributed by atoms with Crippen molar-refractivity contribution in [2.24, 2.45) is 13.0 Å². The summed E-state index contributed by atoms with van der Waals surface area (Å²) in [5, 5.41) is 0. The minimum Gasteiger partial charge on any atom is -0.493 e. The van der Waals surface area contributed by atoms with Crippen LogP contribution in [0.4, 0.5) is 0 Å². The smallest absolute Gasteiger partial charge is 0.169 e. The maximum atomic E-state index is 6.24. The van der Waals surface area contributed by atoms with E-state index >= 15 is 0 Å². The lowest BCUT2D eigenvalue weighted by Crippen LogP contribution is -2.33. The fraction of sp³-hybridized carbons (Fsp3) is 0.257. The van der Waals surface area contributed by atoms with E-state index in [-0.39, 0.29) is 5.92 Å². The molecule has 4 heteroatoms. The Morgan fingerprint density at radius 2 is 1.56 bits per heavy atom. The Labute approximate surface area is 231 Å². The number of aromatic nitrogens is 3. The first-order valence-corrected chi connectivity index (χ1v) is 13.9. The summed E-state index contributed by atoms with van der Waals surface area (Å²) in [6.45, 7) is 10.6. The zero-order valence-corrected chi connectivity index (χ0v) is 23.6. The molecular weight excluding hydrogens is 478 g/mol. The SMILES string of the molecule is CC1=C2C=C(OCCC[n+]3ccc(-c4cc[n+](C)cc4)cc3)C=CC2C(c2c(C)c(C)c3ccccn23)=C1C. The van der Waals surface area contributed by atoms with Crippen LogP contribution in [0.2, 0.25) is 0 Å². The molecule has 1 atom stereocenters. The van der Waals surface area contributed by atoms with Gasteiger partial charge in [-0.15, -0.1) is 0 Å². The van der Waals surface area contributed by atoms with Crippen LogP contribution in [0.5, 0.6) is 0 Å². The summed E-state index contributed by atoms with van der Waals surface area (Å²) in [6.07, 6.45) is 18.4. The zero-order chi connectivity index (χ0) is 27.1. The third kappa shape index (κ3) is 4.54. The van der Waals surface area contributed by atoms with Crippen LogP contribution in [0.1, 0.15) is 37.1 Å². The summed E-state index contributed by atoms with van der Waals surface area (Å²) in [5.74, 6) is 1.23. The summed E-state index contributed by atoms with van der Waals surface area (Å²) >= 11 is 0. The molecule has 0 fully saturated rings. The van der Waals surface area contributed by atoms with Crippen molar-refractivity contribution in [3.63, 3.8) is 0 Å². The summed E-state index contributed by atoms with van der Waals surface area (Å²) in [6, 6.07) is 15.1. The summed E-state index contributed by atoms with van der Waals surface area (Å²) < 4.78 is 12.9. The highest BCUT2D eigenvalue weighted by Crippen LogP contribution is 2.47. The van der Waals surface area contributed by atoms with Gasteiger partial charge in [0, 0.05) is 48.3 Å². The third-order valence-electron chi connectivity index (χ3n) is 8.49. The van der Waals surface area contributed by atoms with Crippen LogP contribution < -0.4 is 9.13 Å². The first-order valence-electron chi connectivity index (χ1n) is 13.9. The molecule has 4 aromatic rings. The van der Waals surface area contributed by atoms with E-state index in [4.69, 9.17) is 4.74 Å². The van der Waals surface area contributed by atoms with Crippen molar-refractivity contribution in [2.75, 3.05) is 6.61 Å². The molecule has 2 aliphatic rings. The van der Waals surface area contributed by atoms with E-state index < -0.39 is 0 Å². The van der Waals surface area contributed by atoms with Crippen molar-refractivity contribution in [3.8, 4) is 11.1 Å². The van der Waals surface area contributed by atoms with Crippen molar-refractivity contribution in [1.82, 2.24) is 4.40 Å². The van der Waals surface area contributed by atoms with E-state index in [1.54, 1.807) is 0 Å². The Morgan fingerprint density at radius 1 is 0.846 bits per heavy atom. The number of hydrogen-bond donors (Lipinski definition) is 0. The van der Waals surface area contributed by atoms with Gasteiger partial charge in [-0.05, 0) is 96.5 Å². The van der Waals surface area contributed by atoms with Gasteiger partial charge in [0.2, 0.25) is 0 Å². The van der Waals surface area contributed by atoms with Gasteiger partial charge in [-0.25, -0.2) is 9.13 Å². The lowest BCUT2D eigenvalue weighted by molar-refractivity contribution is -0.697. The predicted molar refractivity (Wildman–Crippen MR) is 157 cm³/mol. The topological polar surface area (TPSA) is 21.4 Å². The molecule has 0 radical (unpaired) electrons. The van der Waals surface area contributed by atoms with Gasteiger partial charge in [0.05, 0.1) is 12.3 Å². The molecule has 4 aromatic heterocycles. The fourth-order valence-corrected chi connectivity index (χ4v) is 6.00. The Morgan fingerprint density at radius 3 is 2.31 bits per heavy atom. The second-order valence-electron chi connectivity index (χ2n) is 10.8. The first-order chi connectivity index (χ1) is 18.9. The first kappa shape index (κ1) is 25.1. The minimum atomic E-state index is 0.273. The van der Waals surface area contributed by atoms with Crippen LogP contribution >= 0.6 is 0 Å². The fourth-order valence-electron chi connectivity index (χ4n) is 6.00. The van der Waals surface area contributed by atoms with Crippen LogP contribution in [-0.4, -0.2) is 11.0 Å². The second-order valence-corrected chi connectivity index (χ2v) is 10.8. The van der Waals surface area contributed by atoms with Gasteiger partial charge in [-0.1, -0.05) is 12.1 Å². The number of fused-ring (bicyclic) bond motifs is 2. The number of ether oxygens (including phenoxy) is 1. The quantitative estimate of drug-likeness (QED) is 0.200. The molecule has 0 saturated heterocycles. The maximum absolute atomic E-state index is 6.24. The van der Waals surface area contributed by atoms with Crippen molar-refractivity contribution < 1.29 is 13.9 Å². The largest absolute Gasteiger partial charge is 0.493 e. The summed E-state index contributed by atoms with van der Waals surface area (Å²) in [5.41, 5.74) is 13.4. The molecule has 4 heterocycles. The number of allylic oxidation sites excluding steroid dienone is 7. The number of pyridine rings is 3. The van der Waals surface area contributed by atoms with E-state index in [9.17, 15) is 0 Å². The molecule has 1 unspecified atom stereocenters. The molecule has 0 amide bonds. The molecule has 0 bridgehead atoms. The molecule has 0 saturated carbocycles. The monoisotopic (exact) mass is 515 g/mol. The molecule has 2 aliphatic carbocycles. The minimum absolute atomic E-state index is 0.273. The molecule has 4 nitrogen and oxygen atoms in total. The highest BCUT2D eigenvalue weighted by Gasteiger charge is 2.33. The van der Waals surface area contributed by atoms with Crippen LogP contribution in [0.25, 0.3) is 22.2 Å². The predicted octanol–water partition coefficient (Wildman–Crippen LogP) is 6.62. The highest BCUT2D eigenvalue weighted by atomic mass is 16.5. The second kappa shape index (κ2) is 10.2. The van der Waals surface area contributed by atoms with Crippen molar-refractivity contribution in [3.05, 3.63) is 131 Å². The molecule has 0 aromatic carbocycles. The van der Waals surface area contributed by atoms with Gasteiger partial charge in [-0.3, -0.25) is 0 Å². The standard InChI is InChI=1S/C35H37N3O/c1-24-26(3)34(35-27(4)25(2)33-9-6-7-17-38(33)35)31-11-10-30(23-32(24)31)39-22-8-16-37-20-14-29(15-21-37)28-12-18-36(5)19-13-28/h6-7,9-15,17-21,23,31H,8,16,22H2,1-5H3/q+2. The number of hydrogen-bond acceptors (Lipinski definition) is 1. The van der Waals surface area contributed by atoms with Crippen LogP contribution in [0, 0.1) is 19.8 Å². The molecule has 196 valence electrons. The van der Waals surface area contributed by atoms with Gasteiger partial charge < -0.3 is 9.14 Å². The normalized spacial score (nSPS) is 16.7. The average molecular weight is 516 g/mol. The van der Waals surface area contributed by atoms with Gasteiger partial charge >= 0.3 is 0 Å². The molecule has 0 N–H and O–H groups in total. The summed E-state index contributed by atoms with van der Waals surface area (Å²) in [4.78, 5) is 0. The number of aryl methyl sites for hydroxylation is 3. The lowest BCUT2D eigenvalue weighted by atomic mass is 9.87.